The summed E-state index contributed by atoms with van der Waals surface area (Å²) >= 11 is 0. The number of carbonyl (C=O) groups excluding carboxylic acids is 2. The molecule has 2 amide bonds. The van der Waals surface area contributed by atoms with Crippen molar-refractivity contribution in [3.8, 4) is 0 Å². The first-order chi connectivity index (χ1) is 13.8. The third-order valence-electron chi connectivity index (χ3n) is 4.65. The predicted molar refractivity (Wildman–Crippen MR) is 111 cm³/mol. The standard InChI is InChI=1S/C21H29N5O3/c1-15-10-25(11-16(2)29-15)20(27)14-26-13-19(9-22-26)23-21(28)18-7-5-6-17(8-18)12-24(3)4/h5-9,13,15-16H,10-12,14H2,1-4H3,(H,23,28). The first-order valence-electron chi connectivity index (χ1n) is 9.81. The normalized spacial score (nSPS) is 19.4. The maximum Gasteiger partial charge on any atom is 0.255 e. The zero-order valence-corrected chi connectivity index (χ0v) is 17.5. The first-order valence-corrected chi connectivity index (χ1v) is 9.81. The van der Waals surface area contributed by atoms with E-state index in [2.05, 4.69) is 10.4 Å². The van der Waals surface area contributed by atoms with E-state index in [0.29, 0.717) is 24.3 Å². The van der Waals surface area contributed by atoms with Crippen molar-refractivity contribution in [2.24, 2.45) is 0 Å². The topological polar surface area (TPSA) is 79.7 Å². The highest BCUT2D eigenvalue weighted by atomic mass is 16.5. The van der Waals surface area contributed by atoms with Gasteiger partial charge in [-0.15, -0.1) is 0 Å². The number of morpholine rings is 1. The molecule has 1 aromatic heterocycles. The number of ether oxygens (including phenoxy) is 1. The van der Waals surface area contributed by atoms with Gasteiger partial charge in [-0.25, -0.2) is 0 Å². The summed E-state index contributed by atoms with van der Waals surface area (Å²) in [6.07, 6.45) is 3.28. The molecule has 1 saturated heterocycles. The van der Waals surface area contributed by atoms with Crippen molar-refractivity contribution in [2.75, 3.05) is 32.5 Å². The van der Waals surface area contributed by atoms with Crippen LogP contribution in [0.3, 0.4) is 0 Å². The van der Waals surface area contributed by atoms with E-state index < -0.39 is 0 Å². The molecule has 0 saturated carbocycles. The van der Waals surface area contributed by atoms with Crippen LogP contribution >= 0.6 is 0 Å². The number of hydrogen-bond donors (Lipinski definition) is 1. The molecule has 8 heteroatoms. The fourth-order valence-corrected chi connectivity index (χ4v) is 3.51. The van der Waals surface area contributed by atoms with Crippen LogP contribution in [0, 0.1) is 0 Å². The van der Waals surface area contributed by atoms with Crippen LogP contribution in [0.4, 0.5) is 5.69 Å². The molecule has 0 aliphatic carbocycles. The first kappa shape index (κ1) is 21.0. The van der Waals surface area contributed by atoms with Gasteiger partial charge in [-0.3, -0.25) is 14.3 Å². The summed E-state index contributed by atoms with van der Waals surface area (Å²) in [6.45, 7) is 5.98. The molecule has 0 radical (unpaired) electrons. The molecule has 8 nitrogen and oxygen atoms in total. The average molecular weight is 399 g/mol. The third kappa shape index (κ3) is 5.88. The number of carbonyl (C=O) groups is 2. The van der Waals surface area contributed by atoms with Crippen molar-refractivity contribution in [3.05, 3.63) is 47.8 Å². The van der Waals surface area contributed by atoms with E-state index in [1.165, 1.54) is 0 Å². The lowest BCUT2D eigenvalue weighted by Gasteiger charge is -2.35. The number of rotatable bonds is 6. The second kappa shape index (κ2) is 9.19. The van der Waals surface area contributed by atoms with Crippen molar-refractivity contribution < 1.29 is 14.3 Å². The van der Waals surface area contributed by atoms with Crippen LogP contribution in [-0.4, -0.2) is 70.8 Å². The Morgan fingerprint density at radius 2 is 1.97 bits per heavy atom. The largest absolute Gasteiger partial charge is 0.372 e. The minimum atomic E-state index is -0.202. The highest BCUT2D eigenvalue weighted by Crippen LogP contribution is 2.13. The molecule has 2 atom stereocenters. The van der Waals surface area contributed by atoms with E-state index in [1.54, 1.807) is 28.0 Å². The Morgan fingerprint density at radius 3 is 2.66 bits per heavy atom. The Kier molecular flexibility index (Phi) is 6.66. The zero-order valence-electron chi connectivity index (χ0n) is 17.5. The zero-order chi connectivity index (χ0) is 21.0. The van der Waals surface area contributed by atoms with Gasteiger partial charge < -0.3 is 19.9 Å². The molecule has 0 spiro atoms. The highest BCUT2D eigenvalue weighted by Gasteiger charge is 2.26. The number of nitrogens with one attached hydrogen (secondary N) is 1. The molecule has 156 valence electrons. The molecule has 1 fully saturated rings. The molecule has 2 aromatic rings. The van der Waals surface area contributed by atoms with Gasteiger partial charge in [0.05, 0.1) is 24.1 Å². The molecule has 3 rings (SSSR count). The van der Waals surface area contributed by atoms with Gasteiger partial charge in [0.15, 0.2) is 0 Å². The number of nitrogens with zero attached hydrogens (tertiary/aromatic N) is 4. The van der Waals surface area contributed by atoms with Crippen LogP contribution < -0.4 is 5.32 Å². The lowest BCUT2D eigenvalue weighted by molar-refractivity contribution is -0.144. The Labute approximate surface area is 171 Å². The quantitative estimate of drug-likeness (QED) is 0.802. The summed E-state index contributed by atoms with van der Waals surface area (Å²) in [5.74, 6) is -0.211. The van der Waals surface area contributed by atoms with Gasteiger partial charge in [-0.05, 0) is 45.6 Å². The smallest absolute Gasteiger partial charge is 0.255 e. The minimum Gasteiger partial charge on any atom is -0.372 e. The van der Waals surface area contributed by atoms with Crippen molar-refractivity contribution in [2.45, 2.75) is 39.1 Å². The maximum atomic E-state index is 12.6. The lowest BCUT2D eigenvalue weighted by Crippen LogP contribution is -2.49. The van der Waals surface area contributed by atoms with Crippen LogP contribution in [0.5, 0.6) is 0 Å². The van der Waals surface area contributed by atoms with E-state index >= 15 is 0 Å². The molecule has 2 heterocycles. The minimum absolute atomic E-state index is 0.00985. The Hall–Kier alpha value is -2.71. The van der Waals surface area contributed by atoms with Crippen molar-refractivity contribution >= 4 is 17.5 Å². The number of hydrogen-bond acceptors (Lipinski definition) is 5. The molecule has 2 unspecified atom stereocenters. The number of anilines is 1. The van der Waals surface area contributed by atoms with Gasteiger partial charge in [0, 0.05) is 31.4 Å². The maximum absolute atomic E-state index is 12.6. The van der Waals surface area contributed by atoms with E-state index in [9.17, 15) is 9.59 Å². The summed E-state index contributed by atoms with van der Waals surface area (Å²) in [7, 11) is 3.97. The molecular weight excluding hydrogens is 370 g/mol. The molecule has 1 aliphatic rings. The molecule has 0 bridgehead atoms. The monoisotopic (exact) mass is 399 g/mol. The van der Waals surface area contributed by atoms with Gasteiger partial charge in [-0.2, -0.15) is 5.10 Å². The summed E-state index contributed by atoms with van der Waals surface area (Å²) in [4.78, 5) is 29.0. The van der Waals surface area contributed by atoms with Crippen LogP contribution in [0.15, 0.2) is 36.7 Å². The van der Waals surface area contributed by atoms with Gasteiger partial charge in [-0.1, -0.05) is 12.1 Å². The molecule has 1 N–H and O–H groups in total. The molecule has 29 heavy (non-hydrogen) atoms. The summed E-state index contributed by atoms with van der Waals surface area (Å²) in [6, 6.07) is 7.53. The second-order valence-corrected chi connectivity index (χ2v) is 7.87. The Morgan fingerprint density at radius 1 is 1.24 bits per heavy atom. The number of aromatic nitrogens is 2. The highest BCUT2D eigenvalue weighted by molar-refractivity contribution is 6.04. The lowest BCUT2D eigenvalue weighted by atomic mass is 10.1. The van der Waals surface area contributed by atoms with E-state index in [1.807, 2.05) is 51.0 Å². The van der Waals surface area contributed by atoms with E-state index in [-0.39, 0.29) is 30.6 Å². The molecular formula is C21H29N5O3. The van der Waals surface area contributed by atoms with Gasteiger partial charge in [0.25, 0.3) is 5.91 Å². The van der Waals surface area contributed by atoms with E-state index in [4.69, 9.17) is 4.74 Å². The Balaban J connectivity index is 1.59. The van der Waals surface area contributed by atoms with Crippen molar-refractivity contribution in [3.63, 3.8) is 0 Å². The van der Waals surface area contributed by atoms with Crippen LogP contribution in [0.25, 0.3) is 0 Å². The fourth-order valence-electron chi connectivity index (χ4n) is 3.51. The van der Waals surface area contributed by atoms with Crippen LogP contribution in [0.1, 0.15) is 29.8 Å². The van der Waals surface area contributed by atoms with Crippen molar-refractivity contribution in [1.82, 2.24) is 19.6 Å². The van der Waals surface area contributed by atoms with Crippen LogP contribution in [0.2, 0.25) is 0 Å². The van der Waals surface area contributed by atoms with Gasteiger partial charge in [0.1, 0.15) is 6.54 Å². The fraction of sp³-hybridized carbons (Fsp3) is 0.476. The third-order valence-corrected chi connectivity index (χ3v) is 4.65. The summed E-state index contributed by atoms with van der Waals surface area (Å²) in [5.41, 5.74) is 2.21. The summed E-state index contributed by atoms with van der Waals surface area (Å²) in [5, 5.41) is 7.05. The number of amides is 2. The number of benzene rings is 1. The predicted octanol–water partition coefficient (Wildman–Crippen LogP) is 1.83. The summed E-state index contributed by atoms with van der Waals surface area (Å²) < 4.78 is 7.22. The SMILES string of the molecule is CC1CN(C(=O)Cn2cc(NC(=O)c3cccc(CN(C)C)c3)cn2)CC(C)O1. The Bertz CT molecular complexity index is 854. The van der Waals surface area contributed by atoms with Crippen LogP contribution in [-0.2, 0) is 22.6 Å². The average Bonchev–Trinajstić information content (AvgIpc) is 3.07. The molecule has 1 aliphatic heterocycles. The van der Waals surface area contributed by atoms with Gasteiger partial charge in [0.2, 0.25) is 5.91 Å². The van der Waals surface area contributed by atoms with E-state index in [0.717, 1.165) is 12.1 Å². The van der Waals surface area contributed by atoms with Gasteiger partial charge >= 0.3 is 0 Å². The van der Waals surface area contributed by atoms with Crippen molar-refractivity contribution in [1.29, 1.82) is 0 Å². The second-order valence-electron chi connectivity index (χ2n) is 7.87. The molecule has 1 aromatic carbocycles.